The van der Waals surface area contributed by atoms with Gasteiger partial charge in [-0.2, -0.15) is 12.6 Å². The number of thiol groups is 1. The Morgan fingerprint density at radius 3 is 2.62 bits per heavy atom. The molecular formula is C10H16N2S. The minimum atomic E-state index is 0.916. The van der Waals surface area contributed by atoms with Crippen molar-refractivity contribution in [2.75, 3.05) is 18.8 Å². The number of aromatic nitrogens is 1. The maximum atomic E-state index is 4.23. The topological polar surface area (TPSA) is 16.1 Å². The fraction of sp³-hybridized carbons (Fsp3) is 0.500. The molecule has 0 radical (unpaired) electrons. The standard InChI is InChI=1S/C10H16N2S/c1-2-12(7-8-13)9-10-3-5-11-6-4-10/h3-6,13H,2,7-9H2,1H3. The first kappa shape index (κ1) is 10.5. The van der Waals surface area contributed by atoms with Gasteiger partial charge in [0.25, 0.3) is 0 Å². The van der Waals surface area contributed by atoms with Crippen molar-refractivity contribution in [3.63, 3.8) is 0 Å². The molecule has 0 N–H and O–H groups in total. The Labute approximate surface area is 85.4 Å². The van der Waals surface area contributed by atoms with Gasteiger partial charge in [-0.3, -0.25) is 9.88 Å². The Hall–Kier alpha value is -0.540. The van der Waals surface area contributed by atoms with Crippen LogP contribution in [0.4, 0.5) is 0 Å². The van der Waals surface area contributed by atoms with E-state index in [1.165, 1.54) is 5.56 Å². The molecule has 1 heterocycles. The quantitative estimate of drug-likeness (QED) is 0.723. The number of hydrogen-bond acceptors (Lipinski definition) is 3. The molecule has 0 fully saturated rings. The van der Waals surface area contributed by atoms with Crippen LogP contribution in [0.5, 0.6) is 0 Å². The highest BCUT2D eigenvalue weighted by Gasteiger charge is 2.01. The second-order valence-electron chi connectivity index (χ2n) is 2.95. The Bertz CT molecular complexity index is 226. The first-order chi connectivity index (χ1) is 6.36. The summed E-state index contributed by atoms with van der Waals surface area (Å²) in [6.07, 6.45) is 3.67. The van der Waals surface area contributed by atoms with Crippen LogP contribution in [0.15, 0.2) is 24.5 Å². The van der Waals surface area contributed by atoms with Crippen LogP contribution in [0.2, 0.25) is 0 Å². The molecule has 0 saturated heterocycles. The molecule has 72 valence electrons. The van der Waals surface area contributed by atoms with E-state index in [4.69, 9.17) is 0 Å². The number of nitrogens with zero attached hydrogens (tertiary/aromatic N) is 2. The lowest BCUT2D eigenvalue weighted by Crippen LogP contribution is -2.24. The minimum Gasteiger partial charge on any atom is -0.299 e. The van der Waals surface area contributed by atoms with Gasteiger partial charge in [0, 0.05) is 31.2 Å². The Balaban J connectivity index is 2.46. The second kappa shape index (κ2) is 6.00. The molecule has 13 heavy (non-hydrogen) atoms. The minimum absolute atomic E-state index is 0.916. The molecule has 0 aliphatic heterocycles. The number of rotatable bonds is 5. The highest BCUT2D eigenvalue weighted by molar-refractivity contribution is 7.80. The van der Waals surface area contributed by atoms with E-state index in [1.807, 2.05) is 12.4 Å². The molecule has 0 aromatic carbocycles. The third-order valence-corrected chi connectivity index (χ3v) is 2.22. The zero-order chi connectivity index (χ0) is 9.52. The molecular weight excluding hydrogens is 180 g/mol. The van der Waals surface area contributed by atoms with Crippen LogP contribution in [0.3, 0.4) is 0 Å². The molecule has 0 atom stereocenters. The van der Waals surface area contributed by atoms with Crippen molar-refractivity contribution >= 4 is 12.6 Å². The van der Waals surface area contributed by atoms with Gasteiger partial charge in [-0.25, -0.2) is 0 Å². The smallest absolute Gasteiger partial charge is 0.0271 e. The van der Waals surface area contributed by atoms with E-state index in [0.29, 0.717) is 0 Å². The van der Waals surface area contributed by atoms with Crippen molar-refractivity contribution in [3.05, 3.63) is 30.1 Å². The summed E-state index contributed by atoms with van der Waals surface area (Å²) in [7, 11) is 0. The lowest BCUT2D eigenvalue weighted by Gasteiger charge is -2.18. The van der Waals surface area contributed by atoms with Crippen LogP contribution in [0.25, 0.3) is 0 Å². The molecule has 1 aromatic rings. The van der Waals surface area contributed by atoms with Crippen molar-refractivity contribution in [3.8, 4) is 0 Å². The molecule has 0 bridgehead atoms. The van der Waals surface area contributed by atoms with E-state index in [9.17, 15) is 0 Å². The first-order valence-corrected chi connectivity index (χ1v) is 5.22. The van der Waals surface area contributed by atoms with Crippen molar-refractivity contribution in [1.82, 2.24) is 9.88 Å². The Morgan fingerprint density at radius 1 is 1.38 bits per heavy atom. The van der Waals surface area contributed by atoms with E-state index in [1.54, 1.807) is 0 Å². The largest absolute Gasteiger partial charge is 0.299 e. The molecule has 1 aromatic heterocycles. The fourth-order valence-corrected chi connectivity index (χ4v) is 1.52. The van der Waals surface area contributed by atoms with Crippen molar-refractivity contribution in [2.24, 2.45) is 0 Å². The summed E-state index contributed by atoms with van der Waals surface area (Å²) in [6.45, 7) is 5.29. The van der Waals surface area contributed by atoms with E-state index < -0.39 is 0 Å². The maximum Gasteiger partial charge on any atom is 0.0271 e. The lowest BCUT2D eigenvalue weighted by atomic mass is 10.2. The second-order valence-corrected chi connectivity index (χ2v) is 3.40. The summed E-state index contributed by atoms with van der Waals surface area (Å²) in [5, 5.41) is 0. The molecule has 0 unspecified atom stereocenters. The molecule has 2 nitrogen and oxygen atoms in total. The fourth-order valence-electron chi connectivity index (χ4n) is 1.24. The van der Waals surface area contributed by atoms with Gasteiger partial charge in [-0.05, 0) is 24.2 Å². The summed E-state index contributed by atoms with van der Waals surface area (Å²) in [5.74, 6) is 0.916. The van der Waals surface area contributed by atoms with Crippen LogP contribution in [-0.2, 0) is 6.54 Å². The predicted octanol–water partition coefficient (Wildman–Crippen LogP) is 1.83. The monoisotopic (exact) mass is 196 g/mol. The maximum absolute atomic E-state index is 4.23. The van der Waals surface area contributed by atoms with Gasteiger partial charge < -0.3 is 0 Å². The van der Waals surface area contributed by atoms with Crippen molar-refractivity contribution in [2.45, 2.75) is 13.5 Å². The summed E-state index contributed by atoms with van der Waals surface area (Å²) in [4.78, 5) is 6.35. The average Bonchev–Trinajstić information content (AvgIpc) is 2.19. The van der Waals surface area contributed by atoms with Crippen LogP contribution >= 0.6 is 12.6 Å². The number of pyridine rings is 1. The van der Waals surface area contributed by atoms with Gasteiger partial charge in [0.05, 0.1) is 0 Å². The summed E-state index contributed by atoms with van der Waals surface area (Å²) in [6, 6.07) is 4.11. The normalized spacial score (nSPS) is 10.7. The summed E-state index contributed by atoms with van der Waals surface area (Å²) in [5.41, 5.74) is 1.32. The van der Waals surface area contributed by atoms with Crippen molar-refractivity contribution in [1.29, 1.82) is 0 Å². The molecule has 0 saturated carbocycles. The zero-order valence-corrected chi connectivity index (χ0v) is 8.87. The summed E-state index contributed by atoms with van der Waals surface area (Å²) >= 11 is 4.23. The van der Waals surface area contributed by atoms with Gasteiger partial charge in [-0.15, -0.1) is 0 Å². The highest BCUT2D eigenvalue weighted by Crippen LogP contribution is 2.02. The third-order valence-electron chi connectivity index (χ3n) is 2.02. The molecule has 1 rings (SSSR count). The van der Waals surface area contributed by atoms with Gasteiger partial charge in [0.15, 0.2) is 0 Å². The highest BCUT2D eigenvalue weighted by atomic mass is 32.1. The molecule has 0 amide bonds. The third kappa shape index (κ3) is 3.79. The van der Waals surface area contributed by atoms with Gasteiger partial charge in [-0.1, -0.05) is 6.92 Å². The zero-order valence-electron chi connectivity index (χ0n) is 7.98. The first-order valence-electron chi connectivity index (χ1n) is 4.59. The van der Waals surface area contributed by atoms with E-state index in [2.05, 4.69) is 41.6 Å². The Morgan fingerprint density at radius 2 is 2.08 bits per heavy atom. The SMILES string of the molecule is CCN(CCS)Cc1ccncc1. The molecule has 3 heteroatoms. The summed E-state index contributed by atoms with van der Waals surface area (Å²) < 4.78 is 0. The van der Waals surface area contributed by atoms with Gasteiger partial charge >= 0.3 is 0 Å². The van der Waals surface area contributed by atoms with Gasteiger partial charge in [0.1, 0.15) is 0 Å². The van der Waals surface area contributed by atoms with Gasteiger partial charge in [0.2, 0.25) is 0 Å². The van der Waals surface area contributed by atoms with Crippen LogP contribution < -0.4 is 0 Å². The van der Waals surface area contributed by atoms with E-state index in [0.717, 1.165) is 25.4 Å². The van der Waals surface area contributed by atoms with Crippen LogP contribution in [0, 0.1) is 0 Å². The van der Waals surface area contributed by atoms with E-state index >= 15 is 0 Å². The Kier molecular flexibility index (Phi) is 4.86. The molecule has 0 spiro atoms. The molecule has 0 aliphatic carbocycles. The lowest BCUT2D eigenvalue weighted by molar-refractivity contribution is 0.298. The number of hydrogen-bond donors (Lipinski definition) is 1. The van der Waals surface area contributed by atoms with Crippen LogP contribution in [-0.4, -0.2) is 28.7 Å². The predicted molar refractivity (Wildman–Crippen MR) is 59.0 cm³/mol. The molecule has 0 aliphatic rings. The average molecular weight is 196 g/mol. The van der Waals surface area contributed by atoms with Crippen molar-refractivity contribution < 1.29 is 0 Å². The van der Waals surface area contributed by atoms with Crippen LogP contribution in [0.1, 0.15) is 12.5 Å². The van der Waals surface area contributed by atoms with E-state index in [-0.39, 0.29) is 0 Å².